The maximum Gasteiger partial charge on any atom is 0.116 e. The number of oxime groups is 1. The van der Waals surface area contributed by atoms with Crippen molar-refractivity contribution in [3.63, 3.8) is 0 Å². The second-order valence-electron chi connectivity index (χ2n) is 6.77. The van der Waals surface area contributed by atoms with Crippen LogP contribution < -0.4 is 0 Å². The lowest BCUT2D eigenvalue weighted by Crippen LogP contribution is -2.32. The highest BCUT2D eigenvalue weighted by Crippen LogP contribution is 2.55. The Morgan fingerprint density at radius 2 is 2.09 bits per heavy atom. The van der Waals surface area contributed by atoms with E-state index in [1.807, 2.05) is 6.07 Å². The van der Waals surface area contributed by atoms with Crippen molar-refractivity contribution in [2.75, 3.05) is 7.11 Å². The number of nitrogens with zero attached hydrogens (tertiary/aromatic N) is 1. The summed E-state index contributed by atoms with van der Waals surface area (Å²) in [5.74, 6) is 0.867. The lowest BCUT2D eigenvalue weighted by atomic mass is 9.65. The first kappa shape index (κ1) is 13.6. The maximum absolute atomic E-state index is 9.69. The van der Waals surface area contributed by atoms with Gasteiger partial charge >= 0.3 is 0 Å². The number of phenols is 1. The second-order valence-corrected chi connectivity index (χ2v) is 6.77. The van der Waals surface area contributed by atoms with Crippen LogP contribution in [-0.4, -0.2) is 17.9 Å². The average molecular weight is 295 g/mol. The minimum atomic E-state index is 0.133. The molecule has 3 heteroatoms. The zero-order valence-corrected chi connectivity index (χ0v) is 13.1. The first-order valence-electron chi connectivity index (χ1n) is 7.98. The molecule has 0 heterocycles. The quantitative estimate of drug-likeness (QED) is 0.793. The van der Waals surface area contributed by atoms with Crippen LogP contribution >= 0.6 is 0 Å². The summed E-state index contributed by atoms with van der Waals surface area (Å²) in [4.78, 5) is 5.07. The number of hydrogen-bond donors (Lipinski definition) is 1. The molecule has 2 aliphatic rings. The Balaban J connectivity index is 1.87. The highest BCUT2D eigenvalue weighted by molar-refractivity contribution is 5.95. The van der Waals surface area contributed by atoms with Crippen molar-refractivity contribution < 1.29 is 9.94 Å². The van der Waals surface area contributed by atoms with E-state index >= 15 is 0 Å². The fourth-order valence-electron chi connectivity index (χ4n) is 4.55. The van der Waals surface area contributed by atoms with Gasteiger partial charge in [0.25, 0.3) is 0 Å². The molecule has 0 aliphatic heterocycles. The molecule has 0 spiro atoms. The van der Waals surface area contributed by atoms with Crippen molar-refractivity contribution in [3.05, 3.63) is 41.5 Å². The minimum absolute atomic E-state index is 0.133. The molecule has 114 valence electrons. The fourth-order valence-corrected chi connectivity index (χ4v) is 4.55. The van der Waals surface area contributed by atoms with Crippen LogP contribution in [0.1, 0.15) is 43.2 Å². The van der Waals surface area contributed by atoms with Crippen molar-refractivity contribution in [1.82, 2.24) is 0 Å². The van der Waals surface area contributed by atoms with Crippen molar-refractivity contribution in [1.29, 1.82) is 0 Å². The number of fused-ring (bicyclic) bond motifs is 5. The van der Waals surface area contributed by atoms with Crippen LogP contribution in [0.2, 0.25) is 0 Å². The Bertz CT molecular complexity index is 780. The second kappa shape index (κ2) is 4.73. The van der Waals surface area contributed by atoms with Crippen molar-refractivity contribution in [2.45, 2.75) is 38.5 Å². The van der Waals surface area contributed by atoms with Gasteiger partial charge in [0.2, 0.25) is 0 Å². The highest BCUT2D eigenvalue weighted by atomic mass is 16.6. The summed E-state index contributed by atoms with van der Waals surface area (Å²) in [6.07, 6.45) is 4.36. The van der Waals surface area contributed by atoms with E-state index in [1.54, 1.807) is 13.2 Å². The first-order chi connectivity index (χ1) is 10.6. The first-order valence-corrected chi connectivity index (χ1v) is 7.98. The van der Waals surface area contributed by atoms with Gasteiger partial charge in [-0.3, -0.25) is 0 Å². The molecular formula is C19H21NO2. The minimum Gasteiger partial charge on any atom is -0.508 e. The van der Waals surface area contributed by atoms with Crippen LogP contribution in [0.5, 0.6) is 5.75 Å². The molecule has 2 unspecified atom stereocenters. The molecule has 22 heavy (non-hydrogen) atoms. The van der Waals surface area contributed by atoms with Crippen molar-refractivity contribution in [2.24, 2.45) is 10.6 Å². The summed E-state index contributed by atoms with van der Waals surface area (Å²) in [6.45, 7) is 2.34. The van der Waals surface area contributed by atoms with E-state index in [-0.39, 0.29) is 5.41 Å². The van der Waals surface area contributed by atoms with Gasteiger partial charge in [-0.05, 0) is 65.6 Å². The number of aryl methyl sites for hydroxylation is 1. The van der Waals surface area contributed by atoms with Gasteiger partial charge in [0.05, 0.1) is 5.71 Å². The van der Waals surface area contributed by atoms with Gasteiger partial charge in [-0.25, -0.2) is 0 Å². The van der Waals surface area contributed by atoms with Gasteiger partial charge in [-0.2, -0.15) is 0 Å². The number of hydrogen-bond acceptors (Lipinski definition) is 3. The number of phenolic OH excluding ortho intramolecular Hbond substituents is 1. The summed E-state index contributed by atoms with van der Waals surface area (Å²) in [5, 5.41) is 16.4. The summed E-state index contributed by atoms with van der Waals surface area (Å²) in [7, 11) is 1.64. The molecule has 2 aliphatic carbocycles. The average Bonchev–Trinajstić information content (AvgIpc) is 2.84. The lowest BCUT2D eigenvalue weighted by molar-refractivity contribution is 0.205. The van der Waals surface area contributed by atoms with E-state index in [4.69, 9.17) is 4.84 Å². The lowest BCUT2D eigenvalue weighted by Gasteiger charge is -2.38. The number of benzene rings is 2. The molecule has 2 aromatic carbocycles. The number of rotatable bonds is 1. The molecule has 0 amide bonds. The van der Waals surface area contributed by atoms with Gasteiger partial charge < -0.3 is 9.94 Å². The Morgan fingerprint density at radius 3 is 2.91 bits per heavy atom. The van der Waals surface area contributed by atoms with Gasteiger partial charge in [-0.15, -0.1) is 0 Å². The molecule has 4 rings (SSSR count). The normalized spacial score (nSPS) is 28.6. The van der Waals surface area contributed by atoms with E-state index in [1.165, 1.54) is 22.2 Å². The summed E-state index contributed by atoms with van der Waals surface area (Å²) < 4.78 is 0. The maximum atomic E-state index is 9.69. The summed E-state index contributed by atoms with van der Waals surface area (Å²) in [6, 6.07) is 10.1. The fraction of sp³-hybridized carbons (Fsp3) is 0.421. The summed E-state index contributed by atoms with van der Waals surface area (Å²) in [5.41, 5.74) is 4.27. The molecule has 1 fully saturated rings. The Morgan fingerprint density at radius 1 is 1.23 bits per heavy atom. The van der Waals surface area contributed by atoms with E-state index in [0.717, 1.165) is 31.1 Å². The SMILES string of the molecule is CO/N=C1\CCC2c3ccc4cc(O)ccc4c3CCC12C. The van der Waals surface area contributed by atoms with Crippen molar-refractivity contribution >= 4 is 16.5 Å². The highest BCUT2D eigenvalue weighted by Gasteiger charge is 2.48. The standard InChI is InChI=1S/C19H21NO2/c1-19-10-9-15-14-6-4-13(21)11-12(14)3-5-16(15)17(19)7-8-18(19)20-22-2/h3-6,11,17,21H,7-10H2,1-2H3/b20-18+. The molecule has 1 N–H and O–H groups in total. The predicted octanol–water partition coefficient (Wildman–Crippen LogP) is 4.38. The van der Waals surface area contributed by atoms with Gasteiger partial charge in [-0.1, -0.05) is 30.3 Å². The van der Waals surface area contributed by atoms with E-state index in [0.29, 0.717) is 11.7 Å². The molecule has 2 atom stereocenters. The molecule has 3 nitrogen and oxygen atoms in total. The zero-order valence-electron chi connectivity index (χ0n) is 13.1. The molecule has 0 aromatic heterocycles. The number of aromatic hydroxyl groups is 1. The Kier molecular flexibility index (Phi) is 2.93. The molecule has 0 saturated heterocycles. The van der Waals surface area contributed by atoms with Gasteiger partial charge in [0.1, 0.15) is 12.9 Å². The smallest absolute Gasteiger partial charge is 0.116 e. The third-order valence-electron chi connectivity index (χ3n) is 5.72. The summed E-state index contributed by atoms with van der Waals surface area (Å²) >= 11 is 0. The van der Waals surface area contributed by atoms with E-state index < -0.39 is 0 Å². The largest absolute Gasteiger partial charge is 0.508 e. The van der Waals surface area contributed by atoms with Crippen molar-refractivity contribution in [3.8, 4) is 5.75 Å². The van der Waals surface area contributed by atoms with Crippen LogP contribution in [0.15, 0.2) is 35.5 Å². The van der Waals surface area contributed by atoms with Crippen LogP contribution in [0.25, 0.3) is 10.8 Å². The van der Waals surface area contributed by atoms with E-state index in [9.17, 15) is 5.11 Å². The molecule has 0 bridgehead atoms. The van der Waals surface area contributed by atoms with Crippen LogP contribution in [-0.2, 0) is 11.3 Å². The Labute approximate surface area is 130 Å². The predicted molar refractivity (Wildman–Crippen MR) is 88.5 cm³/mol. The molecule has 0 radical (unpaired) electrons. The van der Waals surface area contributed by atoms with E-state index in [2.05, 4.69) is 30.3 Å². The third kappa shape index (κ3) is 1.78. The molecular weight excluding hydrogens is 274 g/mol. The molecule has 1 saturated carbocycles. The zero-order chi connectivity index (χ0) is 15.3. The van der Waals surface area contributed by atoms with Gasteiger partial charge in [0.15, 0.2) is 0 Å². The van der Waals surface area contributed by atoms with Crippen LogP contribution in [0.3, 0.4) is 0 Å². The third-order valence-corrected chi connectivity index (χ3v) is 5.72. The van der Waals surface area contributed by atoms with Gasteiger partial charge in [0, 0.05) is 5.41 Å². The van der Waals surface area contributed by atoms with Crippen LogP contribution in [0.4, 0.5) is 0 Å². The monoisotopic (exact) mass is 295 g/mol. The topological polar surface area (TPSA) is 41.8 Å². The van der Waals surface area contributed by atoms with Crippen LogP contribution in [0, 0.1) is 5.41 Å². The Hall–Kier alpha value is -2.03. The molecule has 2 aromatic rings.